The van der Waals surface area contributed by atoms with Crippen molar-refractivity contribution in [2.24, 2.45) is 0 Å². The van der Waals surface area contributed by atoms with Crippen molar-refractivity contribution in [1.82, 2.24) is 10.2 Å². The summed E-state index contributed by atoms with van der Waals surface area (Å²) >= 11 is 6.29. The summed E-state index contributed by atoms with van der Waals surface area (Å²) in [6.07, 6.45) is 0. The van der Waals surface area contributed by atoms with Crippen LogP contribution in [0, 0.1) is 6.92 Å². The topological polar surface area (TPSA) is 89.1 Å². The summed E-state index contributed by atoms with van der Waals surface area (Å²) in [6.45, 7) is 3.15. The minimum Gasteiger partial charge on any atom is -0.449 e. The number of aryl methyl sites for hydroxylation is 1. The summed E-state index contributed by atoms with van der Waals surface area (Å²) < 4.78 is 29.0. The number of rotatable bonds is 5. The molecule has 0 bridgehead atoms. The van der Waals surface area contributed by atoms with Gasteiger partial charge in [0.1, 0.15) is 10.8 Å². The second-order valence-corrected chi connectivity index (χ2v) is 8.34. The summed E-state index contributed by atoms with van der Waals surface area (Å²) in [4.78, 5) is 10.9. The Labute approximate surface area is 162 Å². The first-order valence-electron chi connectivity index (χ1n) is 8.05. The molecular weight excluding hydrogens is 388 g/mol. The molecule has 1 N–H and O–H groups in total. The summed E-state index contributed by atoms with van der Waals surface area (Å²) in [7, 11) is -3.71. The molecule has 2 aromatic carbocycles. The maximum Gasteiger partial charge on any atom is 0.303 e. The number of nitrogens with one attached hydrogen (secondary N) is 1. The van der Waals surface area contributed by atoms with Gasteiger partial charge in [0.2, 0.25) is 9.84 Å². The molecule has 0 aliphatic carbocycles. The lowest BCUT2D eigenvalue weighted by Gasteiger charge is -2.07. The summed E-state index contributed by atoms with van der Waals surface area (Å²) in [5.74, 6) is -1.34. The first kappa shape index (κ1) is 19.1. The van der Waals surface area contributed by atoms with Crippen molar-refractivity contribution in [1.29, 1.82) is 0 Å². The minimum atomic E-state index is -3.71. The third-order valence-corrected chi connectivity index (χ3v) is 5.63. The lowest BCUT2D eigenvalue weighted by Crippen LogP contribution is -2.12. The van der Waals surface area contributed by atoms with Crippen LogP contribution < -0.4 is 0 Å². The zero-order valence-corrected chi connectivity index (χ0v) is 16.3. The number of H-pyrrole nitrogens is 1. The van der Waals surface area contributed by atoms with Gasteiger partial charge >= 0.3 is 5.97 Å². The molecule has 3 aromatic rings. The molecule has 1 heterocycles. The average molecular weight is 405 g/mol. The molecular formula is C19H17ClN2O4S. The van der Waals surface area contributed by atoms with E-state index in [2.05, 4.69) is 14.9 Å². The van der Waals surface area contributed by atoms with E-state index in [1.54, 1.807) is 12.1 Å². The number of aromatic amines is 1. The van der Waals surface area contributed by atoms with Crippen LogP contribution >= 0.6 is 11.6 Å². The molecule has 0 saturated carbocycles. The number of halogens is 1. The highest BCUT2D eigenvalue weighted by atomic mass is 35.5. The SMILES string of the molecule is CC(=O)OCS(=O)(=O)c1ccc(-c2n[nH]c(Cl)c2-c2cccc(C)c2)cc1. The number of aromatic nitrogens is 2. The van der Waals surface area contributed by atoms with E-state index in [9.17, 15) is 13.2 Å². The van der Waals surface area contributed by atoms with Crippen LogP contribution in [0.1, 0.15) is 12.5 Å². The van der Waals surface area contributed by atoms with E-state index in [1.165, 1.54) is 12.1 Å². The van der Waals surface area contributed by atoms with Gasteiger partial charge in [-0.2, -0.15) is 5.10 Å². The lowest BCUT2D eigenvalue weighted by atomic mass is 10.0. The molecule has 0 radical (unpaired) electrons. The molecule has 0 aliphatic rings. The smallest absolute Gasteiger partial charge is 0.303 e. The van der Waals surface area contributed by atoms with Crippen LogP contribution in [0.4, 0.5) is 0 Å². The molecule has 0 atom stereocenters. The van der Waals surface area contributed by atoms with Gasteiger partial charge in [0, 0.05) is 18.1 Å². The molecule has 8 heteroatoms. The molecule has 1 aromatic heterocycles. The van der Waals surface area contributed by atoms with E-state index in [4.69, 9.17) is 11.6 Å². The fourth-order valence-electron chi connectivity index (χ4n) is 2.64. The van der Waals surface area contributed by atoms with Crippen molar-refractivity contribution in [3.05, 3.63) is 59.2 Å². The fourth-order valence-corrected chi connectivity index (χ4v) is 3.89. The van der Waals surface area contributed by atoms with Crippen LogP contribution in [0.15, 0.2) is 53.4 Å². The first-order valence-corrected chi connectivity index (χ1v) is 10.1. The highest BCUT2D eigenvalue weighted by molar-refractivity contribution is 7.91. The molecule has 27 heavy (non-hydrogen) atoms. The third-order valence-electron chi connectivity index (χ3n) is 3.93. The van der Waals surface area contributed by atoms with Gasteiger partial charge in [-0.15, -0.1) is 0 Å². The number of carbonyl (C=O) groups is 1. The normalized spacial score (nSPS) is 11.4. The molecule has 3 rings (SSSR count). The predicted octanol–water partition coefficient (Wildman–Crippen LogP) is 4.00. The van der Waals surface area contributed by atoms with E-state index in [1.807, 2.05) is 31.2 Å². The minimum absolute atomic E-state index is 0.0613. The Hall–Kier alpha value is -2.64. The number of carbonyl (C=O) groups excluding carboxylic acids is 1. The van der Waals surface area contributed by atoms with Gasteiger partial charge in [0.05, 0.1) is 4.90 Å². The van der Waals surface area contributed by atoms with E-state index < -0.39 is 21.7 Å². The Morgan fingerprint density at radius 2 is 1.85 bits per heavy atom. The number of benzene rings is 2. The Morgan fingerprint density at radius 1 is 1.15 bits per heavy atom. The monoisotopic (exact) mass is 404 g/mol. The lowest BCUT2D eigenvalue weighted by molar-refractivity contribution is -0.138. The standard InChI is InChI=1S/C19H17ClN2O4S/c1-12-4-3-5-15(10-12)17-18(21-22-19(17)20)14-6-8-16(9-7-14)27(24,25)11-26-13(2)23/h3-10H,11H2,1-2H3,(H,21,22). The van der Waals surface area contributed by atoms with Crippen molar-refractivity contribution in [2.75, 3.05) is 5.94 Å². The quantitative estimate of drug-likeness (QED) is 0.649. The highest BCUT2D eigenvalue weighted by Gasteiger charge is 2.19. The highest BCUT2D eigenvalue weighted by Crippen LogP contribution is 2.36. The number of ether oxygens (including phenoxy) is 1. The van der Waals surface area contributed by atoms with Gasteiger partial charge in [-0.3, -0.25) is 9.89 Å². The molecule has 0 aliphatic heterocycles. The van der Waals surface area contributed by atoms with Gasteiger partial charge in [-0.05, 0) is 24.6 Å². The zero-order chi connectivity index (χ0) is 19.6. The zero-order valence-electron chi connectivity index (χ0n) is 14.7. The average Bonchev–Trinajstić information content (AvgIpc) is 3.02. The van der Waals surface area contributed by atoms with E-state index in [0.717, 1.165) is 23.6 Å². The van der Waals surface area contributed by atoms with Gasteiger partial charge in [-0.25, -0.2) is 8.42 Å². The molecule has 0 fully saturated rings. The third kappa shape index (κ3) is 4.20. The van der Waals surface area contributed by atoms with Gasteiger partial charge in [0.25, 0.3) is 0 Å². The summed E-state index contributed by atoms with van der Waals surface area (Å²) in [5.41, 5.74) is 4.07. The second kappa shape index (κ2) is 7.54. The predicted molar refractivity (Wildman–Crippen MR) is 103 cm³/mol. The van der Waals surface area contributed by atoms with Crippen molar-refractivity contribution >= 4 is 27.4 Å². The molecule has 6 nitrogen and oxygen atoms in total. The van der Waals surface area contributed by atoms with Crippen LogP contribution in [0.3, 0.4) is 0 Å². The largest absolute Gasteiger partial charge is 0.449 e. The Bertz CT molecular complexity index is 1090. The van der Waals surface area contributed by atoms with Crippen molar-refractivity contribution in [2.45, 2.75) is 18.7 Å². The maximum absolute atomic E-state index is 12.2. The second-order valence-electron chi connectivity index (χ2n) is 6.02. The Balaban J connectivity index is 1.96. The van der Waals surface area contributed by atoms with Crippen LogP contribution in [-0.4, -0.2) is 30.5 Å². The number of hydrogen-bond donors (Lipinski definition) is 1. The number of esters is 1. The van der Waals surface area contributed by atoms with E-state index in [0.29, 0.717) is 16.4 Å². The van der Waals surface area contributed by atoms with Crippen molar-refractivity contribution in [3.8, 4) is 22.4 Å². The summed E-state index contributed by atoms with van der Waals surface area (Å²) in [5, 5.41) is 7.44. The summed E-state index contributed by atoms with van der Waals surface area (Å²) in [6, 6.07) is 14.1. The van der Waals surface area contributed by atoms with Gasteiger partial charge < -0.3 is 4.74 Å². The molecule has 0 spiro atoms. The molecule has 0 saturated heterocycles. The van der Waals surface area contributed by atoms with E-state index >= 15 is 0 Å². The number of sulfone groups is 1. The fraction of sp³-hybridized carbons (Fsp3) is 0.158. The number of nitrogens with zero attached hydrogens (tertiary/aromatic N) is 1. The van der Waals surface area contributed by atoms with Crippen LogP contribution in [0.25, 0.3) is 22.4 Å². The Morgan fingerprint density at radius 3 is 2.48 bits per heavy atom. The van der Waals surface area contributed by atoms with E-state index in [-0.39, 0.29) is 4.90 Å². The van der Waals surface area contributed by atoms with Crippen molar-refractivity contribution < 1.29 is 17.9 Å². The number of hydrogen-bond acceptors (Lipinski definition) is 5. The Kier molecular flexibility index (Phi) is 5.34. The van der Waals surface area contributed by atoms with Crippen LogP contribution in [0.2, 0.25) is 5.15 Å². The van der Waals surface area contributed by atoms with Crippen LogP contribution in [0.5, 0.6) is 0 Å². The van der Waals surface area contributed by atoms with Crippen molar-refractivity contribution in [3.63, 3.8) is 0 Å². The van der Waals surface area contributed by atoms with Crippen LogP contribution in [-0.2, 0) is 19.4 Å². The van der Waals surface area contributed by atoms with Gasteiger partial charge in [0.15, 0.2) is 5.94 Å². The van der Waals surface area contributed by atoms with Gasteiger partial charge in [-0.1, -0.05) is 53.6 Å². The molecule has 0 unspecified atom stereocenters. The molecule has 0 amide bonds. The first-order chi connectivity index (χ1) is 12.8. The maximum atomic E-state index is 12.2. The molecule has 140 valence electrons.